The lowest BCUT2D eigenvalue weighted by molar-refractivity contribution is -0.165. The van der Waals surface area contributed by atoms with Crippen LogP contribution < -0.4 is 0 Å². The molecule has 0 aliphatic carbocycles. The molecule has 0 saturated carbocycles. The van der Waals surface area contributed by atoms with Gasteiger partial charge in [-0.25, -0.2) is 0 Å². The molecule has 0 amide bonds. The van der Waals surface area contributed by atoms with Crippen molar-refractivity contribution in [1.82, 2.24) is 0 Å². The highest BCUT2D eigenvalue weighted by Gasteiger charge is 2.20. The van der Waals surface area contributed by atoms with E-state index >= 15 is 0 Å². The number of carbonyl (C=O) groups excluding carboxylic acids is 2. The summed E-state index contributed by atoms with van der Waals surface area (Å²) in [5.74, 6) is -0.461. The Morgan fingerprint density at radius 2 is 0.833 bits per heavy atom. The molecule has 48 heavy (non-hydrogen) atoms. The molecular formula is C42H82O6. The van der Waals surface area contributed by atoms with Crippen LogP contribution in [0.2, 0.25) is 0 Å². The van der Waals surface area contributed by atoms with Crippen molar-refractivity contribution in [3.63, 3.8) is 0 Å². The summed E-state index contributed by atoms with van der Waals surface area (Å²) in [5, 5.41) is 0. The topological polar surface area (TPSA) is 71.1 Å². The Labute approximate surface area is 298 Å². The fourth-order valence-electron chi connectivity index (χ4n) is 5.88. The Balaban J connectivity index is 4.20. The average Bonchev–Trinajstić information content (AvgIpc) is 3.05. The van der Waals surface area contributed by atoms with E-state index in [4.69, 9.17) is 18.9 Å². The van der Waals surface area contributed by atoms with Crippen LogP contribution in [0.3, 0.4) is 0 Å². The highest BCUT2D eigenvalue weighted by Crippen LogP contribution is 2.15. The molecule has 286 valence electrons. The number of rotatable bonds is 36. The van der Waals surface area contributed by atoms with Crippen LogP contribution in [0.5, 0.6) is 0 Å². The maximum Gasteiger partial charge on any atom is 0.306 e. The summed E-state index contributed by atoms with van der Waals surface area (Å²) >= 11 is 0. The molecule has 0 aliphatic rings. The van der Waals surface area contributed by atoms with Gasteiger partial charge in [-0.2, -0.15) is 0 Å². The van der Waals surface area contributed by atoms with Crippen molar-refractivity contribution in [2.24, 2.45) is 0 Å². The number of ether oxygens (including phenoxy) is 4. The summed E-state index contributed by atoms with van der Waals surface area (Å²) < 4.78 is 23.1. The van der Waals surface area contributed by atoms with Crippen LogP contribution in [0.1, 0.15) is 221 Å². The summed E-state index contributed by atoms with van der Waals surface area (Å²) in [6.45, 7) is 13.2. The SMILES string of the molecule is CCCCCCCCCCCCCCCC(=O)OCC(COC(C)COC(C)(C)C)OC(=O)CCCCCCCCCCCCCCC. The molecule has 0 aromatic heterocycles. The third kappa shape index (κ3) is 36.1. The molecule has 0 fully saturated rings. The van der Waals surface area contributed by atoms with Gasteiger partial charge in [0.05, 0.1) is 24.9 Å². The van der Waals surface area contributed by atoms with E-state index in [1.54, 1.807) is 0 Å². The van der Waals surface area contributed by atoms with Crippen molar-refractivity contribution in [3.05, 3.63) is 0 Å². The number of hydrogen-bond acceptors (Lipinski definition) is 6. The second-order valence-corrected chi connectivity index (χ2v) is 15.3. The van der Waals surface area contributed by atoms with Gasteiger partial charge in [0.25, 0.3) is 0 Å². The molecule has 6 heteroatoms. The molecule has 0 saturated heterocycles. The molecule has 6 nitrogen and oxygen atoms in total. The van der Waals surface area contributed by atoms with Gasteiger partial charge in [0.15, 0.2) is 6.10 Å². The van der Waals surface area contributed by atoms with Gasteiger partial charge >= 0.3 is 11.9 Å². The van der Waals surface area contributed by atoms with E-state index in [1.807, 2.05) is 27.7 Å². The van der Waals surface area contributed by atoms with Gasteiger partial charge in [-0.1, -0.05) is 168 Å². The Bertz CT molecular complexity index is 703. The maximum absolute atomic E-state index is 12.7. The van der Waals surface area contributed by atoms with Crippen LogP contribution in [0.25, 0.3) is 0 Å². The monoisotopic (exact) mass is 683 g/mol. The quantitative estimate of drug-likeness (QED) is 0.0484. The predicted molar refractivity (Wildman–Crippen MR) is 203 cm³/mol. The molecule has 0 heterocycles. The average molecular weight is 683 g/mol. The smallest absolute Gasteiger partial charge is 0.306 e. The van der Waals surface area contributed by atoms with Gasteiger partial charge in [-0.05, 0) is 40.5 Å². The first kappa shape index (κ1) is 46.9. The van der Waals surface area contributed by atoms with Crippen molar-refractivity contribution in [3.8, 4) is 0 Å². The lowest BCUT2D eigenvalue weighted by Crippen LogP contribution is -2.33. The lowest BCUT2D eigenvalue weighted by Gasteiger charge is -2.24. The standard InChI is InChI=1S/C42H82O6/c1-7-9-11-13-15-17-19-21-23-25-27-29-31-33-40(43)46-37-39(36-45-38(3)35-47-42(4,5)6)48-41(44)34-32-30-28-26-24-22-20-18-16-14-12-10-8-2/h38-39H,7-37H2,1-6H3. The molecule has 0 bridgehead atoms. The Hall–Kier alpha value is -1.14. The molecular weight excluding hydrogens is 600 g/mol. The van der Waals surface area contributed by atoms with Gasteiger partial charge in [-0.3, -0.25) is 9.59 Å². The molecule has 0 rings (SSSR count). The van der Waals surface area contributed by atoms with Crippen molar-refractivity contribution in [2.75, 3.05) is 19.8 Å². The predicted octanol–water partition coefficient (Wildman–Crippen LogP) is 12.6. The van der Waals surface area contributed by atoms with Gasteiger partial charge in [0, 0.05) is 12.8 Å². The summed E-state index contributed by atoms with van der Waals surface area (Å²) in [6, 6.07) is 0. The molecule has 2 unspecified atom stereocenters. The molecule has 2 atom stereocenters. The van der Waals surface area contributed by atoms with E-state index in [9.17, 15) is 9.59 Å². The van der Waals surface area contributed by atoms with E-state index in [0.29, 0.717) is 19.4 Å². The molecule has 0 aromatic rings. The first-order valence-corrected chi connectivity index (χ1v) is 20.8. The fourth-order valence-corrected chi connectivity index (χ4v) is 5.88. The second-order valence-electron chi connectivity index (χ2n) is 15.3. The second kappa shape index (κ2) is 34.3. The third-order valence-electron chi connectivity index (χ3n) is 9.01. The zero-order valence-electron chi connectivity index (χ0n) is 33.0. The summed E-state index contributed by atoms with van der Waals surface area (Å²) in [7, 11) is 0. The van der Waals surface area contributed by atoms with Gasteiger partial charge < -0.3 is 18.9 Å². The molecule has 0 N–H and O–H groups in total. The summed E-state index contributed by atoms with van der Waals surface area (Å²) in [4.78, 5) is 25.1. The normalized spacial score (nSPS) is 13.0. The molecule has 0 spiro atoms. The molecule has 0 radical (unpaired) electrons. The number of carbonyl (C=O) groups is 2. The van der Waals surface area contributed by atoms with Crippen molar-refractivity contribution < 1.29 is 28.5 Å². The highest BCUT2D eigenvalue weighted by molar-refractivity contribution is 5.70. The van der Waals surface area contributed by atoms with E-state index in [2.05, 4.69) is 13.8 Å². The Morgan fingerprint density at radius 1 is 0.479 bits per heavy atom. The lowest BCUT2D eigenvalue weighted by atomic mass is 10.0. The fraction of sp³-hybridized carbons (Fsp3) is 0.952. The summed E-state index contributed by atoms with van der Waals surface area (Å²) in [6.07, 6.45) is 33.1. The van der Waals surface area contributed by atoms with Crippen LogP contribution in [-0.4, -0.2) is 49.6 Å². The van der Waals surface area contributed by atoms with Crippen molar-refractivity contribution in [2.45, 2.75) is 239 Å². The van der Waals surface area contributed by atoms with Crippen LogP contribution in [0, 0.1) is 0 Å². The van der Waals surface area contributed by atoms with Crippen molar-refractivity contribution in [1.29, 1.82) is 0 Å². The van der Waals surface area contributed by atoms with Gasteiger partial charge in [-0.15, -0.1) is 0 Å². The third-order valence-corrected chi connectivity index (χ3v) is 9.01. The maximum atomic E-state index is 12.7. The zero-order valence-corrected chi connectivity index (χ0v) is 33.0. The van der Waals surface area contributed by atoms with E-state index in [0.717, 1.165) is 25.7 Å². The van der Waals surface area contributed by atoms with Gasteiger partial charge in [0.2, 0.25) is 0 Å². The number of unbranched alkanes of at least 4 members (excludes halogenated alkanes) is 24. The highest BCUT2D eigenvalue weighted by atomic mass is 16.6. The van der Waals surface area contributed by atoms with Gasteiger partial charge in [0.1, 0.15) is 6.61 Å². The van der Waals surface area contributed by atoms with E-state index in [-0.39, 0.29) is 36.9 Å². The minimum atomic E-state index is -0.604. The number of hydrogen-bond donors (Lipinski definition) is 0. The van der Waals surface area contributed by atoms with Crippen LogP contribution >= 0.6 is 0 Å². The first-order valence-electron chi connectivity index (χ1n) is 20.8. The van der Waals surface area contributed by atoms with E-state index < -0.39 is 6.10 Å². The minimum Gasteiger partial charge on any atom is -0.462 e. The molecule has 0 aromatic carbocycles. The van der Waals surface area contributed by atoms with E-state index in [1.165, 1.54) is 141 Å². The van der Waals surface area contributed by atoms with Crippen molar-refractivity contribution >= 4 is 11.9 Å². The van der Waals surface area contributed by atoms with Crippen LogP contribution in [0.4, 0.5) is 0 Å². The minimum absolute atomic E-state index is 0.0362. The molecule has 0 aliphatic heterocycles. The van der Waals surface area contributed by atoms with Crippen LogP contribution in [-0.2, 0) is 28.5 Å². The number of esters is 2. The zero-order chi connectivity index (χ0) is 35.6. The Kier molecular flexibility index (Phi) is 33.5. The Morgan fingerprint density at radius 3 is 1.21 bits per heavy atom. The first-order chi connectivity index (χ1) is 23.2. The van der Waals surface area contributed by atoms with Crippen LogP contribution in [0.15, 0.2) is 0 Å². The summed E-state index contributed by atoms with van der Waals surface area (Å²) in [5.41, 5.74) is -0.250. The largest absolute Gasteiger partial charge is 0.462 e.